The molecule has 1 aliphatic heterocycles. The molecule has 2 N–H and O–H groups in total. The van der Waals surface area contributed by atoms with Crippen LogP contribution in [-0.2, 0) is 17.8 Å². The Morgan fingerprint density at radius 1 is 1.30 bits per heavy atom. The first kappa shape index (κ1) is 24.6. The van der Waals surface area contributed by atoms with Gasteiger partial charge in [0.2, 0.25) is 5.91 Å². The summed E-state index contributed by atoms with van der Waals surface area (Å²) in [7, 11) is 1.77. The van der Waals surface area contributed by atoms with Gasteiger partial charge in [0.15, 0.2) is 5.96 Å². The third kappa shape index (κ3) is 7.23. The van der Waals surface area contributed by atoms with Crippen molar-refractivity contribution in [1.29, 1.82) is 0 Å². The summed E-state index contributed by atoms with van der Waals surface area (Å²) in [6.45, 7) is 7.29. The second kappa shape index (κ2) is 12.2. The van der Waals surface area contributed by atoms with Crippen molar-refractivity contribution in [1.82, 2.24) is 20.5 Å². The first-order valence-electron chi connectivity index (χ1n) is 10.3. The SMILES string of the molecule is CN=C(NCc1csc(C(C)C)n1)NCC1CC(=O)N(CCc2ccccc2)C1.I. The van der Waals surface area contributed by atoms with Gasteiger partial charge >= 0.3 is 0 Å². The van der Waals surface area contributed by atoms with Gasteiger partial charge in [-0.2, -0.15) is 0 Å². The van der Waals surface area contributed by atoms with Crippen LogP contribution in [0.2, 0.25) is 0 Å². The van der Waals surface area contributed by atoms with E-state index in [0.717, 1.165) is 42.7 Å². The molecule has 1 aromatic carbocycles. The monoisotopic (exact) mass is 541 g/mol. The van der Waals surface area contributed by atoms with Crippen LogP contribution >= 0.6 is 35.3 Å². The molecule has 0 aliphatic carbocycles. The molecule has 3 rings (SSSR count). The van der Waals surface area contributed by atoms with Gasteiger partial charge < -0.3 is 15.5 Å². The summed E-state index contributed by atoms with van der Waals surface area (Å²) in [6.07, 6.45) is 1.50. The number of hydrogen-bond acceptors (Lipinski definition) is 4. The van der Waals surface area contributed by atoms with Gasteiger partial charge in [-0.1, -0.05) is 44.2 Å². The van der Waals surface area contributed by atoms with E-state index in [4.69, 9.17) is 0 Å². The van der Waals surface area contributed by atoms with E-state index in [2.05, 4.69) is 52.0 Å². The highest BCUT2D eigenvalue weighted by molar-refractivity contribution is 14.0. The molecule has 1 unspecified atom stereocenters. The van der Waals surface area contributed by atoms with Gasteiger partial charge in [0, 0.05) is 50.3 Å². The standard InChI is InChI=1S/C22H31N5OS.HI/c1-16(2)21-26-19(15-29-21)13-25-22(23-3)24-12-18-11-20(28)27(14-18)10-9-17-7-5-4-6-8-17;/h4-8,15-16,18H,9-14H2,1-3H3,(H2,23,24,25);1H. The number of nitrogens with zero attached hydrogens (tertiary/aromatic N) is 3. The molecule has 0 bridgehead atoms. The summed E-state index contributed by atoms with van der Waals surface area (Å²) in [6, 6.07) is 10.3. The van der Waals surface area contributed by atoms with Gasteiger partial charge in [-0.05, 0) is 12.0 Å². The predicted octanol–water partition coefficient (Wildman–Crippen LogP) is 3.64. The minimum absolute atomic E-state index is 0. The van der Waals surface area contributed by atoms with Crippen molar-refractivity contribution >= 4 is 47.2 Å². The molecule has 6 nitrogen and oxygen atoms in total. The molecule has 2 aromatic rings. The summed E-state index contributed by atoms with van der Waals surface area (Å²) in [4.78, 5) is 23.3. The Kier molecular flexibility index (Phi) is 10.0. The van der Waals surface area contributed by atoms with E-state index < -0.39 is 0 Å². The smallest absolute Gasteiger partial charge is 0.223 e. The van der Waals surface area contributed by atoms with Crippen molar-refractivity contribution in [3.05, 3.63) is 52.0 Å². The van der Waals surface area contributed by atoms with Gasteiger partial charge in [-0.25, -0.2) is 4.98 Å². The molecule has 0 radical (unpaired) electrons. The van der Waals surface area contributed by atoms with E-state index in [9.17, 15) is 4.79 Å². The largest absolute Gasteiger partial charge is 0.356 e. The molecule has 2 heterocycles. The van der Waals surface area contributed by atoms with Crippen molar-refractivity contribution in [2.75, 3.05) is 26.7 Å². The number of hydrogen-bond donors (Lipinski definition) is 2. The third-order valence-corrected chi connectivity index (χ3v) is 6.28. The van der Waals surface area contributed by atoms with Crippen LogP contribution in [0.25, 0.3) is 0 Å². The quantitative estimate of drug-likeness (QED) is 0.304. The number of halogens is 1. The zero-order chi connectivity index (χ0) is 20.6. The van der Waals surface area contributed by atoms with E-state index in [1.807, 2.05) is 23.1 Å². The average molecular weight is 542 g/mol. The molecule has 1 saturated heterocycles. The Bertz CT molecular complexity index is 824. The van der Waals surface area contributed by atoms with E-state index in [1.54, 1.807) is 18.4 Å². The third-order valence-electron chi connectivity index (χ3n) is 5.09. The summed E-state index contributed by atoms with van der Waals surface area (Å²) < 4.78 is 0. The van der Waals surface area contributed by atoms with Crippen LogP contribution in [0.3, 0.4) is 0 Å². The van der Waals surface area contributed by atoms with Gasteiger partial charge in [0.1, 0.15) is 0 Å². The molecule has 1 amide bonds. The lowest BCUT2D eigenvalue weighted by Gasteiger charge is -2.17. The normalized spacial score (nSPS) is 16.7. The predicted molar refractivity (Wildman–Crippen MR) is 135 cm³/mol. The molecule has 0 saturated carbocycles. The summed E-state index contributed by atoms with van der Waals surface area (Å²) in [5.41, 5.74) is 2.30. The lowest BCUT2D eigenvalue weighted by atomic mass is 10.1. The van der Waals surface area contributed by atoms with Crippen molar-refractivity contribution in [3.8, 4) is 0 Å². The van der Waals surface area contributed by atoms with Crippen LogP contribution in [0, 0.1) is 5.92 Å². The number of carbonyl (C=O) groups is 1. The number of rotatable bonds is 8. The molecule has 8 heteroatoms. The number of guanidine groups is 1. The molecule has 164 valence electrons. The van der Waals surface area contributed by atoms with Crippen molar-refractivity contribution < 1.29 is 4.79 Å². The van der Waals surface area contributed by atoms with Crippen LogP contribution < -0.4 is 10.6 Å². The Hall–Kier alpha value is -1.68. The number of likely N-dealkylation sites (tertiary alicyclic amines) is 1. The van der Waals surface area contributed by atoms with Crippen molar-refractivity contribution in [3.63, 3.8) is 0 Å². The fourth-order valence-corrected chi connectivity index (χ4v) is 4.26. The van der Waals surface area contributed by atoms with Crippen molar-refractivity contribution in [2.45, 2.75) is 39.2 Å². The minimum Gasteiger partial charge on any atom is -0.356 e. The zero-order valence-electron chi connectivity index (χ0n) is 17.9. The first-order valence-corrected chi connectivity index (χ1v) is 11.1. The van der Waals surface area contributed by atoms with E-state index >= 15 is 0 Å². The van der Waals surface area contributed by atoms with Crippen molar-refractivity contribution in [2.24, 2.45) is 10.9 Å². The molecule has 1 fully saturated rings. The van der Waals surface area contributed by atoms with Crippen LogP contribution in [0.15, 0.2) is 40.7 Å². The van der Waals surface area contributed by atoms with E-state index in [1.165, 1.54) is 5.56 Å². The van der Waals surface area contributed by atoms with E-state index in [0.29, 0.717) is 24.8 Å². The zero-order valence-corrected chi connectivity index (χ0v) is 21.1. The molecule has 1 aliphatic rings. The number of aromatic nitrogens is 1. The Morgan fingerprint density at radius 3 is 2.73 bits per heavy atom. The Balaban J connectivity index is 0.00000320. The number of aliphatic imine (C=N–C) groups is 1. The number of benzene rings is 1. The molecule has 1 aromatic heterocycles. The lowest BCUT2D eigenvalue weighted by molar-refractivity contribution is -0.127. The number of thiazole rings is 1. The van der Waals surface area contributed by atoms with Gasteiger partial charge in [-0.15, -0.1) is 35.3 Å². The summed E-state index contributed by atoms with van der Waals surface area (Å²) in [5.74, 6) is 1.76. The molecule has 1 atom stereocenters. The Morgan fingerprint density at radius 2 is 2.07 bits per heavy atom. The molecule has 30 heavy (non-hydrogen) atoms. The molecule has 0 spiro atoms. The second-order valence-corrected chi connectivity index (χ2v) is 8.67. The molecular weight excluding hydrogens is 509 g/mol. The fourth-order valence-electron chi connectivity index (χ4n) is 3.42. The maximum atomic E-state index is 12.3. The Labute approximate surface area is 200 Å². The highest BCUT2D eigenvalue weighted by Crippen LogP contribution is 2.19. The average Bonchev–Trinajstić information content (AvgIpc) is 3.34. The lowest BCUT2D eigenvalue weighted by Crippen LogP contribution is -2.40. The maximum absolute atomic E-state index is 12.3. The first-order chi connectivity index (χ1) is 14.0. The van der Waals surface area contributed by atoms with Gasteiger partial charge in [0.05, 0.1) is 17.2 Å². The number of amides is 1. The highest BCUT2D eigenvalue weighted by Gasteiger charge is 2.29. The molecular formula is C22H32IN5OS. The minimum atomic E-state index is 0. The van der Waals surface area contributed by atoms with Crippen LogP contribution in [0.1, 0.15) is 42.5 Å². The summed E-state index contributed by atoms with van der Waals surface area (Å²) >= 11 is 1.70. The second-order valence-electron chi connectivity index (χ2n) is 7.78. The van der Waals surface area contributed by atoms with Crippen LogP contribution in [0.4, 0.5) is 0 Å². The highest BCUT2D eigenvalue weighted by atomic mass is 127. The van der Waals surface area contributed by atoms with E-state index in [-0.39, 0.29) is 29.9 Å². The van der Waals surface area contributed by atoms with Gasteiger partial charge in [0.25, 0.3) is 0 Å². The number of nitrogens with one attached hydrogen (secondary N) is 2. The topological polar surface area (TPSA) is 69.6 Å². The van der Waals surface area contributed by atoms with Crippen LogP contribution in [0.5, 0.6) is 0 Å². The van der Waals surface area contributed by atoms with Gasteiger partial charge in [-0.3, -0.25) is 9.79 Å². The number of carbonyl (C=O) groups excluding carboxylic acids is 1. The fraction of sp³-hybridized carbons (Fsp3) is 0.500. The summed E-state index contributed by atoms with van der Waals surface area (Å²) in [5, 5.41) is 9.93. The van der Waals surface area contributed by atoms with Crippen LogP contribution in [-0.4, -0.2) is 48.4 Å². The maximum Gasteiger partial charge on any atom is 0.223 e.